The summed E-state index contributed by atoms with van der Waals surface area (Å²) in [6, 6.07) is 9.12. The summed E-state index contributed by atoms with van der Waals surface area (Å²) in [4.78, 5) is 12.3. The van der Waals surface area contributed by atoms with Crippen molar-refractivity contribution in [1.82, 2.24) is 0 Å². The first-order valence-electron chi connectivity index (χ1n) is 5.60. The van der Waals surface area contributed by atoms with Gasteiger partial charge in [0.2, 0.25) is 0 Å². The van der Waals surface area contributed by atoms with Gasteiger partial charge < -0.3 is 5.32 Å². The standard InChI is InChI=1S/C14H9Br2ClINO/c1-7-4-9(15)13(10(16)5-7)19-14(20)8-2-3-12(18)11(17)6-8/h2-6H,1H3,(H,19,20). The molecule has 0 heterocycles. The predicted molar refractivity (Wildman–Crippen MR) is 98.7 cm³/mol. The summed E-state index contributed by atoms with van der Waals surface area (Å²) in [6.45, 7) is 1.99. The number of nitrogens with one attached hydrogen (secondary N) is 1. The number of anilines is 1. The third-order valence-corrected chi connectivity index (χ3v) is 5.43. The fraction of sp³-hybridized carbons (Fsp3) is 0.0714. The molecule has 1 N–H and O–H groups in total. The van der Waals surface area contributed by atoms with Crippen LogP contribution in [0.25, 0.3) is 0 Å². The molecule has 0 bridgehead atoms. The van der Waals surface area contributed by atoms with Gasteiger partial charge in [-0.05, 0) is 97.3 Å². The van der Waals surface area contributed by atoms with E-state index in [-0.39, 0.29) is 5.91 Å². The lowest BCUT2D eigenvalue weighted by Crippen LogP contribution is -2.13. The van der Waals surface area contributed by atoms with Crippen LogP contribution in [-0.2, 0) is 0 Å². The molecule has 104 valence electrons. The van der Waals surface area contributed by atoms with Crippen LogP contribution in [0.1, 0.15) is 15.9 Å². The van der Waals surface area contributed by atoms with Gasteiger partial charge in [0.15, 0.2) is 0 Å². The Bertz CT molecular complexity index is 668. The number of hydrogen-bond donors (Lipinski definition) is 1. The molecule has 0 unspecified atom stereocenters. The summed E-state index contributed by atoms with van der Waals surface area (Å²) in [5, 5.41) is 3.44. The van der Waals surface area contributed by atoms with Crippen LogP contribution in [0.15, 0.2) is 39.3 Å². The molecule has 0 atom stereocenters. The van der Waals surface area contributed by atoms with E-state index in [0.717, 1.165) is 18.1 Å². The van der Waals surface area contributed by atoms with Gasteiger partial charge >= 0.3 is 0 Å². The van der Waals surface area contributed by atoms with E-state index < -0.39 is 0 Å². The van der Waals surface area contributed by atoms with E-state index in [1.807, 2.05) is 25.1 Å². The zero-order chi connectivity index (χ0) is 14.9. The average Bonchev–Trinajstić information content (AvgIpc) is 2.36. The Hall–Kier alpha value is -0.110. The lowest BCUT2D eigenvalue weighted by molar-refractivity contribution is 0.102. The number of hydrogen-bond acceptors (Lipinski definition) is 1. The third-order valence-electron chi connectivity index (χ3n) is 2.61. The van der Waals surface area contributed by atoms with Crippen LogP contribution in [0.2, 0.25) is 5.02 Å². The van der Waals surface area contributed by atoms with E-state index in [2.05, 4.69) is 59.8 Å². The molecule has 2 aromatic rings. The molecule has 0 saturated heterocycles. The molecule has 0 aliphatic carbocycles. The molecule has 0 fully saturated rings. The van der Waals surface area contributed by atoms with Crippen molar-refractivity contribution in [3.8, 4) is 0 Å². The van der Waals surface area contributed by atoms with Crippen molar-refractivity contribution >= 4 is 77.6 Å². The fourth-order valence-electron chi connectivity index (χ4n) is 1.64. The Morgan fingerprint density at radius 1 is 1.20 bits per heavy atom. The largest absolute Gasteiger partial charge is 0.320 e. The zero-order valence-electron chi connectivity index (χ0n) is 10.3. The first-order chi connectivity index (χ1) is 9.38. The highest BCUT2D eigenvalue weighted by Gasteiger charge is 2.12. The summed E-state index contributed by atoms with van der Waals surface area (Å²) < 4.78 is 2.57. The first-order valence-corrected chi connectivity index (χ1v) is 8.65. The predicted octanol–water partition coefficient (Wildman–Crippen LogP) is 6.03. The maximum Gasteiger partial charge on any atom is 0.255 e. The summed E-state index contributed by atoms with van der Waals surface area (Å²) in [5.41, 5.74) is 2.32. The average molecular weight is 529 g/mol. The van der Waals surface area contributed by atoms with Crippen molar-refractivity contribution in [3.05, 3.63) is 59.0 Å². The second-order valence-corrected chi connectivity index (χ2v) is 7.46. The van der Waals surface area contributed by atoms with Crippen molar-refractivity contribution in [1.29, 1.82) is 0 Å². The second-order valence-electron chi connectivity index (χ2n) is 4.19. The highest BCUT2D eigenvalue weighted by molar-refractivity contribution is 14.1. The van der Waals surface area contributed by atoms with Gasteiger partial charge in [0, 0.05) is 18.1 Å². The van der Waals surface area contributed by atoms with Crippen molar-refractivity contribution < 1.29 is 4.79 Å². The van der Waals surface area contributed by atoms with Crippen molar-refractivity contribution in [2.75, 3.05) is 5.32 Å². The summed E-state index contributed by atoms with van der Waals surface area (Å²) in [5.74, 6) is -0.200. The Labute approximate surface area is 152 Å². The minimum atomic E-state index is -0.200. The van der Waals surface area contributed by atoms with Crippen LogP contribution in [0.3, 0.4) is 0 Å². The molecule has 0 aliphatic heterocycles. The van der Waals surface area contributed by atoms with Crippen molar-refractivity contribution in [3.63, 3.8) is 0 Å². The van der Waals surface area contributed by atoms with Crippen LogP contribution >= 0.6 is 66.1 Å². The van der Waals surface area contributed by atoms with Gasteiger partial charge in [-0.1, -0.05) is 11.6 Å². The van der Waals surface area contributed by atoms with Gasteiger partial charge in [0.25, 0.3) is 5.91 Å². The maximum atomic E-state index is 12.3. The number of carbonyl (C=O) groups excluding carboxylic acids is 1. The van der Waals surface area contributed by atoms with Crippen LogP contribution in [0.5, 0.6) is 0 Å². The molecule has 2 rings (SSSR count). The molecule has 6 heteroatoms. The normalized spacial score (nSPS) is 10.4. The van der Waals surface area contributed by atoms with E-state index in [4.69, 9.17) is 11.6 Å². The van der Waals surface area contributed by atoms with E-state index in [9.17, 15) is 4.79 Å². The van der Waals surface area contributed by atoms with Crippen LogP contribution in [-0.4, -0.2) is 5.91 Å². The highest BCUT2D eigenvalue weighted by Crippen LogP contribution is 2.32. The molecule has 2 nitrogen and oxygen atoms in total. The van der Waals surface area contributed by atoms with Crippen molar-refractivity contribution in [2.24, 2.45) is 0 Å². The number of halogens is 4. The van der Waals surface area contributed by atoms with Crippen molar-refractivity contribution in [2.45, 2.75) is 6.92 Å². The summed E-state index contributed by atoms with van der Waals surface area (Å²) >= 11 is 15.1. The molecular weight excluding hydrogens is 520 g/mol. The number of amides is 1. The number of carbonyl (C=O) groups is 1. The minimum absolute atomic E-state index is 0.200. The number of aryl methyl sites for hydroxylation is 1. The lowest BCUT2D eigenvalue weighted by atomic mass is 10.2. The molecule has 2 aromatic carbocycles. The van der Waals surface area contributed by atoms with Gasteiger partial charge in [0.05, 0.1) is 10.7 Å². The molecular formula is C14H9Br2ClINO. The Balaban J connectivity index is 2.30. The summed E-state index contributed by atoms with van der Waals surface area (Å²) in [7, 11) is 0. The van der Waals surface area contributed by atoms with Gasteiger partial charge in [-0.3, -0.25) is 4.79 Å². The second kappa shape index (κ2) is 6.77. The first kappa shape index (κ1) is 16.3. The molecule has 0 saturated carbocycles. The summed E-state index contributed by atoms with van der Waals surface area (Å²) in [6.07, 6.45) is 0. The van der Waals surface area contributed by atoms with Gasteiger partial charge in [0.1, 0.15) is 0 Å². The third kappa shape index (κ3) is 3.75. The fourth-order valence-corrected chi connectivity index (χ4v) is 3.77. The van der Waals surface area contributed by atoms with Crippen LogP contribution in [0, 0.1) is 10.5 Å². The SMILES string of the molecule is Cc1cc(Br)c(NC(=O)c2ccc(I)c(Cl)c2)c(Br)c1. The Morgan fingerprint density at radius 2 is 1.80 bits per heavy atom. The van der Waals surface area contributed by atoms with Gasteiger partial charge in [-0.25, -0.2) is 0 Å². The quantitative estimate of drug-likeness (QED) is 0.473. The van der Waals surface area contributed by atoms with Gasteiger partial charge in [-0.2, -0.15) is 0 Å². The lowest BCUT2D eigenvalue weighted by Gasteiger charge is -2.11. The maximum absolute atomic E-state index is 12.3. The van der Waals surface area contributed by atoms with Crippen LogP contribution in [0.4, 0.5) is 5.69 Å². The molecule has 1 amide bonds. The zero-order valence-corrected chi connectivity index (χ0v) is 16.4. The van der Waals surface area contributed by atoms with Gasteiger partial charge in [-0.15, -0.1) is 0 Å². The molecule has 0 aliphatic rings. The van der Waals surface area contributed by atoms with E-state index in [1.54, 1.807) is 12.1 Å². The molecule has 0 aromatic heterocycles. The monoisotopic (exact) mass is 527 g/mol. The van der Waals surface area contributed by atoms with Crippen LogP contribution < -0.4 is 5.32 Å². The Morgan fingerprint density at radius 3 is 2.35 bits per heavy atom. The number of rotatable bonds is 2. The Kier molecular flexibility index (Phi) is 5.50. The van der Waals surface area contributed by atoms with E-state index in [0.29, 0.717) is 16.3 Å². The minimum Gasteiger partial charge on any atom is -0.320 e. The highest BCUT2D eigenvalue weighted by atomic mass is 127. The molecule has 0 spiro atoms. The molecule has 0 radical (unpaired) electrons. The topological polar surface area (TPSA) is 29.1 Å². The number of benzene rings is 2. The van der Waals surface area contributed by atoms with E-state index in [1.165, 1.54) is 0 Å². The molecule has 20 heavy (non-hydrogen) atoms. The van der Waals surface area contributed by atoms with E-state index >= 15 is 0 Å². The smallest absolute Gasteiger partial charge is 0.255 e.